The second-order valence-electron chi connectivity index (χ2n) is 2.70. The normalized spacial score (nSPS) is 8.81. The van der Waals surface area contributed by atoms with E-state index in [1.807, 2.05) is 5.92 Å². The van der Waals surface area contributed by atoms with E-state index in [1.165, 1.54) is 25.3 Å². The van der Waals surface area contributed by atoms with Gasteiger partial charge in [-0.3, -0.25) is 10.1 Å². The zero-order chi connectivity index (χ0) is 12.1. The molecule has 0 spiro atoms. The van der Waals surface area contributed by atoms with Crippen LogP contribution in [0.2, 0.25) is 0 Å². The summed E-state index contributed by atoms with van der Waals surface area (Å²) in [5.74, 6) is 3.04. The van der Waals surface area contributed by atoms with Gasteiger partial charge in [0.25, 0.3) is 5.69 Å². The lowest BCUT2D eigenvalue weighted by Gasteiger charge is -2.00. The van der Waals surface area contributed by atoms with E-state index < -0.39 is 10.9 Å². The van der Waals surface area contributed by atoms with E-state index in [-0.39, 0.29) is 11.3 Å². The Bertz CT molecular complexity index is 498. The van der Waals surface area contributed by atoms with Crippen molar-refractivity contribution in [3.05, 3.63) is 33.9 Å². The van der Waals surface area contributed by atoms with E-state index in [1.54, 1.807) is 0 Å². The fourth-order valence-corrected chi connectivity index (χ4v) is 1.02. The lowest BCUT2D eigenvalue weighted by Crippen LogP contribution is -1.94. The first-order valence-corrected chi connectivity index (χ1v) is 4.12. The number of ether oxygens (including phenoxy) is 1. The molecule has 1 aromatic rings. The summed E-state index contributed by atoms with van der Waals surface area (Å²) in [5.41, 5.74) is -0.249. The Kier molecular flexibility index (Phi) is 3.45. The molecule has 0 saturated carbocycles. The molecule has 1 N–H and O–H groups in total. The fourth-order valence-electron chi connectivity index (χ4n) is 1.02. The third-order valence-electron chi connectivity index (χ3n) is 1.70. The third-order valence-corrected chi connectivity index (χ3v) is 1.70. The Morgan fingerprint density at radius 1 is 1.56 bits per heavy atom. The Labute approximate surface area is 90.6 Å². The Morgan fingerprint density at radius 3 is 2.75 bits per heavy atom. The van der Waals surface area contributed by atoms with Crippen LogP contribution in [-0.2, 0) is 4.79 Å². The monoisotopic (exact) mass is 221 g/mol. The molecule has 82 valence electrons. The van der Waals surface area contributed by atoms with Crippen molar-refractivity contribution in [2.24, 2.45) is 0 Å². The van der Waals surface area contributed by atoms with Gasteiger partial charge in [0.2, 0.25) is 0 Å². The standard InChI is InChI=1S/C10H7NO5/c1-16-8-3-4-9(11(14)15)7(6-8)2-5-10(12)13/h3-4,6H,1H3,(H,12,13). The number of rotatable bonds is 2. The quantitative estimate of drug-likeness (QED) is 0.457. The van der Waals surface area contributed by atoms with E-state index >= 15 is 0 Å². The average molecular weight is 221 g/mol. The molecule has 16 heavy (non-hydrogen) atoms. The van der Waals surface area contributed by atoms with Crippen LogP contribution in [0.4, 0.5) is 5.69 Å². The predicted molar refractivity (Wildman–Crippen MR) is 54.2 cm³/mol. The SMILES string of the molecule is COc1ccc([N+](=O)[O-])c(C#CC(=O)O)c1. The molecule has 6 nitrogen and oxygen atoms in total. The number of carboxylic acid groups (broad SMARTS) is 1. The molecule has 0 fully saturated rings. The van der Waals surface area contributed by atoms with Crippen LogP contribution in [0.3, 0.4) is 0 Å². The van der Waals surface area contributed by atoms with Crippen molar-refractivity contribution in [2.75, 3.05) is 7.11 Å². The van der Waals surface area contributed by atoms with Crippen LogP contribution in [0, 0.1) is 22.0 Å². The maximum Gasteiger partial charge on any atom is 0.382 e. The Balaban J connectivity index is 3.27. The van der Waals surface area contributed by atoms with E-state index in [0.717, 1.165) is 0 Å². The van der Waals surface area contributed by atoms with Crippen LogP contribution in [0.5, 0.6) is 5.75 Å². The van der Waals surface area contributed by atoms with Crippen molar-refractivity contribution >= 4 is 11.7 Å². The number of hydrogen-bond acceptors (Lipinski definition) is 4. The molecule has 0 aliphatic carbocycles. The largest absolute Gasteiger partial charge is 0.497 e. The molecule has 0 heterocycles. The van der Waals surface area contributed by atoms with Crippen LogP contribution in [0.15, 0.2) is 18.2 Å². The van der Waals surface area contributed by atoms with Gasteiger partial charge >= 0.3 is 5.97 Å². The summed E-state index contributed by atoms with van der Waals surface area (Å²) in [6.45, 7) is 0. The second kappa shape index (κ2) is 4.79. The van der Waals surface area contributed by atoms with Crippen LogP contribution >= 0.6 is 0 Å². The minimum absolute atomic E-state index is 0.00625. The molecule has 0 bridgehead atoms. The molecular weight excluding hydrogens is 214 g/mol. The fraction of sp³-hybridized carbons (Fsp3) is 0.100. The van der Waals surface area contributed by atoms with E-state index in [4.69, 9.17) is 9.84 Å². The lowest BCUT2D eigenvalue weighted by molar-refractivity contribution is -0.385. The van der Waals surface area contributed by atoms with Gasteiger partial charge in [0.05, 0.1) is 12.0 Å². The van der Waals surface area contributed by atoms with Gasteiger partial charge in [-0.2, -0.15) is 0 Å². The van der Waals surface area contributed by atoms with Crippen LogP contribution in [-0.4, -0.2) is 23.1 Å². The highest BCUT2D eigenvalue weighted by Crippen LogP contribution is 2.22. The molecule has 0 radical (unpaired) electrons. The molecule has 1 aromatic carbocycles. The Morgan fingerprint density at radius 2 is 2.25 bits per heavy atom. The highest BCUT2D eigenvalue weighted by Gasteiger charge is 2.12. The van der Waals surface area contributed by atoms with Crippen LogP contribution < -0.4 is 4.74 Å². The van der Waals surface area contributed by atoms with Gasteiger partial charge in [0.1, 0.15) is 11.3 Å². The van der Waals surface area contributed by atoms with E-state index in [0.29, 0.717) is 5.75 Å². The van der Waals surface area contributed by atoms with Gasteiger partial charge in [0.15, 0.2) is 0 Å². The second-order valence-corrected chi connectivity index (χ2v) is 2.70. The van der Waals surface area contributed by atoms with Gasteiger partial charge < -0.3 is 9.84 Å². The molecule has 1 rings (SSSR count). The summed E-state index contributed by atoms with van der Waals surface area (Å²) in [4.78, 5) is 20.2. The molecule has 0 aliphatic rings. The zero-order valence-electron chi connectivity index (χ0n) is 8.26. The molecular formula is C10H7NO5. The third kappa shape index (κ3) is 2.72. The topological polar surface area (TPSA) is 89.7 Å². The van der Waals surface area contributed by atoms with Gasteiger partial charge in [-0.25, -0.2) is 4.79 Å². The number of hydrogen-bond donors (Lipinski definition) is 1. The van der Waals surface area contributed by atoms with Crippen molar-refractivity contribution in [3.63, 3.8) is 0 Å². The first kappa shape index (κ1) is 11.5. The molecule has 0 aromatic heterocycles. The summed E-state index contributed by atoms with van der Waals surface area (Å²) in [6.07, 6.45) is 0. The Hall–Kier alpha value is -2.55. The number of methoxy groups -OCH3 is 1. The zero-order valence-corrected chi connectivity index (χ0v) is 8.26. The summed E-state index contributed by atoms with van der Waals surface area (Å²) >= 11 is 0. The molecule has 0 atom stereocenters. The maximum absolute atomic E-state index is 10.6. The first-order chi connectivity index (χ1) is 7.54. The van der Waals surface area contributed by atoms with Crippen LogP contribution in [0.25, 0.3) is 0 Å². The molecule has 6 heteroatoms. The van der Waals surface area contributed by atoms with E-state index in [2.05, 4.69) is 5.92 Å². The maximum atomic E-state index is 10.6. The highest BCUT2D eigenvalue weighted by molar-refractivity contribution is 5.87. The smallest absolute Gasteiger partial charge is 0.382 e. The molecule has 0 amide bonds. The number of benzene rings is 1. The van der Waals surface area contributed by atoms with Gasteiger partial charge in [-0.05, 0) is 12.0 Å². The lowest BCUT2D eigenvalue weighted by atomic mass is 10.1. The predicted octanol–water partition coefficient (Wildman–Crippen LogP) is 1.04. The summed E-state index contributed by atoms with van der Waals surface area (Å²) in [5, 5.41) is 19.0. The van der Waals surface area contributed by atoms with Crippen molar-refractivity contribution in [1.82, 2.24) is 0 Å². The van der Waals surface area contributed by atoms with Gasteiger partial charge in [-0.1, -0.05) is 0 Å². The summed E-state index contributed by atoms with van der Waals surface area (Å²) in [7, 11) is 1.40. The first-order valence-electron chi connectivity index (χ1n) is 4.12. The highest BCUT2D eigenvalue weighted by atomic mass is 16.6. The molecule has 0 aliphatic heterocycles. The van der Waals surface area contributed by atoms with Crippen LogP contribution in [0.1, 0.15) is 5.56 Å². The number of nitro benzene ring substituents is 1. The number of nitro groups is 1. The van der Waals surface area contributed by atoms with Crippen molar-refractivity contribution in [2.45, 2.75) is 0 Å². The number of aliphatic carboxylic acids is 1. The average Bonchev–Trinajstić information content (AvgIpc) is 2.25. The van der Waals surface area contributed by atoms with Gasteiger partial charge in [0, 0.05) is 18.1 Å². The summed E-state index contributed by atoms with van der Waals surface area (Å²) < 4.78 is 4.86. The number of carbonyl (C=O) groups is 1. The van der Waals surface area contributed by atoms with Crippen molar-refractivity contribution < 1.29 is 19.6 Å². The summed E-state index contributed by atoms with van der Waals surface area (Å²) in [6, 6.07) is 3.93. The molecule has 0 saturated heterocycles. The van der Waals surface area contributed by atoms with Crippen molar-refractivity contribution in [1.29, 1.82) is 0 Å². The van der Waals surface area contributed by atoms with Gasteiger partial charge in [-0.15, -0.1) is 0 Å². The molecule has 0 unspecified atom stereocenters. The minimum Gasteiger partial charge on any atom is -0.497 e. The minimum atomic E-state index is -1.35. The van der Waals surface area contributed by atoms with E-state index in [9.17, 15) is 14.9 Å². The number of carboxylic acids is 1. The number of nitrogens with zero attached hydrogens (tertiary/aromatic N) is 1. The van der Waals surface area contributed by atoms with Crippen molar-refractivity contribution in [3.8, 4) is 17.6 Å².